The van der Waals surface area contributed by atoms with Crippen molar-refractivity contribution in [2.45, 2.75) is 12.8 Å². The minimum atomic E-state index is 0.502. The number of rotatable bonds is 0. The van der Waals surface area contributed by atoms with Crippen LogP contribution in [0, 0.1) is 0 Å². The fourth-order valence-corrected chi connectivity index (χ4v) is 0.588. The molecule has 0 saturated heterocycles. The standard InChI is InChI=1S/C6H8O/c7-6-4-2-1-3-5-6/h1-2,5,7H,3-4H2. The maximum atomic E-state index is 8.72. The molecule has 0 aromatic heterocycles. The zero-order chi connectivity index (χ0) is 5.11. The summed E-state index contributed by atoms with van der Waals surface area (Å²) >= 11 is 0. The summed E-state index contributed by atoms with van der Waals surface area (Å²) < 4.78 is 0. The number of aliphatic hydroxyl groups excluding tert-OH is 1. The third kappa shape index (κ3) is 1.07. The molecule has 0 bridgehead atoms. The highest BCUT2D eigenvalue weighted by Gasteiger charge is 1.90. The number of hydrogen-bond donors (Lipinski definition) is 1. The van der Waals surface area contributed by atoms with Crippen LogP contribution in [0.4, 0.5) is 0 Å². The molecule has 0 fully saturated rings. The maximum Gasteiger partial charge on any atom is 0.0923 e. The first-order chi connectivity index (χ1) is 3.39. The summed E-state index contributed by atoms with van der Waals surface area (Å²) in [5.41, 5.74) is 0. The van der Waals surface area contributed by atoms with Gasteiger partial charge in [0.25, 0.3) is 0 Å². The zero-order valence-corrected chi connectivity index (χ0v) is 4.09. The van der Waals surface area contributed by atoms with Crippen molar-refractivity contribution >= 4 is 0 Å². The molecule has 1 aliphatic carbocycles. The molecule has 0 aliphatic heterocycles. The molecule has 1 N–H and O–H groups in total. The Morgan fingerprint density at radius 2 is 2.29 bits per heavy atom. The summed E-state index contributed by atoms with van der Waals surface area (Å²) in [5, 5.41) is 8.72. The Balaban J connectivity index is 2.50. The van der Waals surface area contributed by atoms with Gasteiger partial charge in [0.05, 0.1) is 5.76 Å². The Hall–Kier alpha value is -0.720. The normalized spacial score (nSPS) is 19.1. The van der Waals surface area contributed by atoms with Crippen molar-refractivity contribution < 1.29 is 5.11 Å². The van der Waals surface area contributed by atoms with E-state index in [0.29, 0.717) is 5.76 Å². The Morgan fingerprint density at radius 3 is 2.57 bits per heavy atom. The van der Waals surface area contributed by atoms with Crippen LogP contribution in [0.15, 0.2) is 24.0 Å². The largest absolute Gasteiger partial charge is 0.512 e. The van der Waals surface area contributed by atoms with E-state index in [2.05, 4.69) is 0 Å². The topological polar surface area (TPSA) is 20.2 Å². The van der Waals surface area contributed by atoms with E-state index >= 15 is 0 Å². The summed E-state index contributed by atoms with van der Waals surface area (Å²) in [6.07, 6.45) is 7.45. The van der Waals surface area contributed by atoms with Crippen LogP contribution >= 0.6 is 0 Å². The molecule has 7 heavy (non-hydrogen) atoms. The quantitative estimate of drug-likeness (QED) is 0.456. The second-order valence-electron chi connectivity index (χ2n) is 1.61. The Morgan fingerprint density at radius 1 is 1.43 bits per heavy atom. The number of hydrogen-bond acceptors (Lipinski definition) is 1. The van der Waals surface area contributed by atoms with Gasteiger partial charge in [-0.1, -0.05) is 12.2 Å². The summed E-state index contributed by atoms with van der Waals surface area (Å²) in [6.45, 7) is 0. The van der Waals surface area contributed by atoms with Crippen LogP contribution < -0.4 is 0 Å². The smallest absolute Gasteiger partial charge is 0.0923 e. The predicted octanol–water partition coefficient (Wildman–Crippen LogP) is 1.78. The van der Waals surface area contributed by atoms with E-state index < -0.39 is 0 Å². The van der Waals surface area contributed by atoms with Crippen molar-refractivity contribution in [3.8, 4) is 0 Å². The summed E-state index contributed by atoms with van der Waals surface area (Å²) in [4.78, 5) is 0. The first-order valence-electron chi connectivity index (χ1n) is 2.42. The lowest BCUT2D eigenvalue weighted by atomic mass is 10.2. The lowest BCUT2D eigenvalue weighted by molar-refractivity contribution is 0.397. The van der Waals surface area contributed by atoms with Crippen LogP contribution in [0.2, 0.25) is 0 Å². The average Bonchev–Trinajstić information content (AvgIpc) is 1.69. The van der Waals surface area contributed by atoms with Gasteiger partial charge < -0.3 is 5.11 Å². The van der Waals surface area contributed by atoms with E-state index in [1.54, 1.807) is 0 Å². The molecule has 0 radical (unpaired) electrons. The van der Waals surface area contributed by atoms with Crippen LogP contribution in [0.25, 0.3) is 0 Å². The fraction of sp³-hybridized carbons (Fsp3) is 0.333. The Labute approximate surface area is 43.0 Å². The Kier molecular flexibility index (Phi) is 1.16. The van der Waals surface area contributed by atoms with Gasteiger partial charge in [-0.05, 0) is 12.5 Å². The minimum Gasteiger partial charge on any atom is -0.512 e. The second-order valence-corrected chi connectivity index (χ2v) is 1.61. The van der Waals surface area contributed by atoms with Gasteiger partial charge in [0.2, 0.25) is 0 Å². The van der Waals surface area contributed by atoms with Crippen molar-refractivity contribution in [2.75, 3.05) is 0 Å². The van der Waals surface area contributed by atoms with E-state index in [0.717, 1.165) is 12.8 Å². The molecule has 0 saturated carbocycles. The Bertz CT molecular complexity index is 111. The van der Waals surface area contributed by atoms with Crippen LogP contribution in [-0.4, -0.2) is 5.11 Å². The van der Waals surface area contributed by atoms with Crippen LogP contribution in [-0.2, 0) is 0 Å². The van der Waals surface area contributed by atoms with Crippen molar-refractivity contribution in [1.29, 1.82) is 0 Å². The van der Waals surface area contributed by atoms with E-state index in [9.17, 15) is 0 Å². The molecule has 1 heteroatoms. The average molecular weight is 96.1 g/mol. The third-order valence-electron chi connectivity index (χ3n) is 0.983. The van der Waals surface area contributed by atoms with E-state index in [4.69, 9.17) is 5.11 Å². The van der Waals surface area contributed by atoms with Crippen molar-refractivity contribution in [3.05, 3.63) is 24.0 Å². The molecule has 1 aliphatic rings. The van der Waals surface area contributed by atoms with Crippen molar-refractivity contribution in [2.24, 2.45) is 0 Å². The highest BCUT2D eigenvalue weighted by atomic mass is 16.3. The van der Waals surface area contributed by atoms with Gasteiger partial charge in [-0.2, -0.15) is 0 Å². The van der Waals surface area contributed by atoms with Gasteiger partial charge in [0.1, 0.15) is 0 Å². The number of aliphatic hydroxyl groups is 1. The van der Waals surface area contributed by atoms with Gasteiger partial charge in [-0.15, -0.1) is 0 Å². The molecule has 0 aromatic rings. The van der Waals surface area contributed by atoms with Crippen LogP contribution in [0.5, 0.6) is 0 Å². The van der Waals surface area contributed by atoms with Crippen LogP contribution in [0.3, 0.4) is 0 Å². The van der Waals surface area contributed by atoms with Crippen molar-refractivity contribution in [1.82, 2.24) is 0 Å². The first kappa shape index (κ1) is 4.44. The molecule has 0 amide bonds. The highest BCUT2D eigenvalue weighted by molar-refractivity contribution is 5.07. The van der Waals surface area contributed by atoms with Gasteiger partial charge in [0, 0.05) is 6.42 Å². The molecule has 0 unspecified atom stereocenters. The van der Waals surface area contributed by atoms with E-state index in [1.165, 1.54) is 0 Å². The second kappa shape index (κ2) is 1.82. The zero-order valence-electron chi connectivity index (χ0n) is 4.09. The van der Waals surface area contributed by atoms with Gasteiger partial charge in [0.15, 0.2) is 0 Å². The predicted molar refractivity (Wildman–Crippen MR) is 29.1 cm³/mol. The van der Waals surface area contributed by atoms with Gasteiger partial charge in [-0.3, -0.25) is 0 Å². The monoisotopic (exact) mass is 96.1 g/mol. The van der Waals surface area contributed by atoms with E-state index in [-0.39, 0.29) is 0 Å². The summed E-state index contributed by atoms with van der Waals surface area (Å²) in [6, 6.07) is 0. The lowest BCUT2D eigenvalue weighted by Gasteiger charge is -1.96. The summed E-state index contributed by atoms with van der Waals surface area (Å²) in [5.74, 6) is 0.502. The molecule has 1 nitrogen and oxygen atoms in total. The molecular formula is C6H8O. The van der Waals surface area contributed by atoms with Gasteiger partial charge in [-0.25, -0.2) is 0 Å². The molecule has 0 aromatic carbocycles. The SMILES string of the molecule is OC1=CCC=CC1. The molecule has 1 rings (SSSR count). The fourth-order valence-electron chi connectivity index (χ4n) is 0.588. The third-order valence-corrected chi connectivity index (χ3v) is 0.983. The minimum absolute atomic E-state index is 0.502. The summed E-state index contributed by atoms with van der Waals surface area (Å²) in [7, 11) is 0. The van der Waals surface area contributed by atoms with Gasteiger partial charge >= 0.3 is 0 Å². The number of allylic oxidation sites excluding steroid dienone is 3. The molecule has 38 valence electrons. The molecule has 0 spiro atoms. The first-order valence-corrected chi connectivity index (χ1v) is 2.42. The van der Waals surface area contributed by atoms with Crippen molar-refractivity contribution in [3.63, 3.8) is 0 Å². The maximum absolute atomic E-state index is 8.72. The molecular weight excluding hydrogens is 88.1 g/mol. The van der Waals surface area contributed by atoms with Crippen LogP contribution in [0.1, 0.15) is 12.8 Å². The lowest BCUT2D eigenvalue weighted by Crippen LogP contribution is -1.81. The molecule has 0 heterocycles. The highest BCUT2D eigenvalue weighted by Crippen LogP contribution is 2.05. The van der Waals surface area contributed by atoms with E-state index in [1.807, 2.05) is 18.2 Å². The molecule has 0 atom stereocenters.